The van der Waals surface area contributed by atoms with Crippen molar-refractivity contribution >= 4 is 44.8 Å². The molecule has 8 heteroatoms. The van der Waals surface area contributed by atoms with Crippen LogP contribution in [0.25, 0.3) is 0 Å². The molecule has 1 heterocycles. The van der Waals surface area contributed by atoms with Crippen LogP contribution in [0.5, 0.6) is 0 Å². The number of piperidine rings is 1. The highest BCUT2D eigenvalue weighted by molar-refractivity contribution is 7.92. The number of sulfonamides is 1. The van der Waals surface area contributed by atoms with Crippen LogP contribution in [0.2, 0.25) is 10.0 Å². The third-order valence-electron chi connectivity index (χ3n) is 4.45. The van der Waals surface area contributed by atoms with Crippen molar-refractivity contribution in [2.45, 2.75) is 24.2 Å². The number of likely N-dealkylation sites (tertiary alicyclic amines) is 1. The molecule has 0 unspecified atom stereocenters. The van der Waals surface area contributed by atoms with E-state index in [1.165, 1.54) is 30.3 Å². The molecule has 1 aliphatic heterocycles. The molecule has 27 heavy (non-hydrogen) atoms. The van der Waals surface area contributed by atoms with Crippen molar-refractivity contribution in [1.82, 2.24) is 4.90 Å². The van der Waals surface area contributed by atoms with Crippen molar-refractivity contribution in [2.75, 3.05) is 23.9 Å². The van der Waals surface area contributed by atoms with Crippen LogP contribution < -0.4 is 4.31 Å². The summed E-state index contributed by atoms with van der Waals surface area (Å²) in [5.74, 6) is -0.231. The summed E-state index contributed by atoms with van der Waals surface area (Å²) in [5, 5.41) is 0.604. The maximum atomic E-state index is 13.2. The van der Waals surface area contributed by atoms with Gasteiger partial charge in [0.05, 0.1) is 10.6 Å². The number of anilines is 1. The second-order valence-corrected chi connectivity index (χ2v) is 9.13. The minimum atomic E-state index is -3.95. The minimum absolute atomic E-state index is 0.104. The first kappa shape index (κ1) is 20.0. The van der Waals surface area contributed by atoms with E-state index in [0.29, 0.717) is 23.1 Å². The van der Waals surface area contributed by atoms with Gasteiger partial charge in [0.25, 0.3) is 10.0 Å². The van der Waals surface area contributed by atoms with E-state index in [0.717, 1.165) is 23.6 Å². The van der Waals surface area contributed by atoms with Gasteiger partial charge in [0.2, 0.25) is 5.91 Å². The fraction of sp³-hybridized carbons (Fsp3) is 0.316. The van der Waals surface area contributed by atoms with Gasteiger partial charge < -0.3 is 4.90 Å². The second-order valence-electron chi connectivity index (χ2n) is 6.39. The average molecular weight is 427 g/mol. The van der Waals surface area contributed by atoms with E-state index in [-0.39, 0.29) is 23.0 Å². The molecule has 0 spiro atoms. The van der Waals surface area contributed by atoms with Crippen LogP contribution in [-0.4, -0.2) is 38.9 Å². The van der Waals surface area contributed by atoms with Gasteiger partial charge in [-0.2, -0.15) is 0 Å². The van der Waals surface area contributed by atoms with Crippen LogP contribution >= 0.6 is 23.2 Å². The summed E-state index contributed by atoms with van der Waals surface area (Å²) in [6, 6.07) is 12.5. The van der Waals surface area contributed by atoms with Gasteiger partial charge in [-0.25, -0.2) is 8.42 Å². The minimum Gasteiger partial charge on any atom is -0.341 e. The standard InChI is InChI=1S/C19H20Cl2N2O3S/c20-15-11-16(21)13-17(12-15)23(14-19(24)22-9-5-2-6-10-22)27(25,26)18-7-3-1-4-8-18/h1,3-4,7-8,11-13H,2,5-6,9-10,14H2. The summed E-state index contributed by atoms with van der Waals surface area (Å²) in [5.41, 5.74) is 0.265. The predicted molar refractivity (Wildman–Crippen MR) is 108 cm³/mol. The Morgan fingerprint density at radius 2 is 1.56 bits per heavy atom. The molecular formula is C19H20Cl2N2O3S. The molecule has 0 aromatic heterocycles. The van der Waals surface area contributed by atoms with Crippen molar-refractivity contribution in [2.24, 2.45) is 0 Å². The summed E-state index contributed by atoms with van der Waals surface area (Å²) in [7, 11) is -3.95. The molecule has 0 aliphatic carbocycles. The Bertz CT molecular complexity index is 894. The van der Waals surface area contributed by atoms with Crippen LogP contribution in [0.1, 0.15) is 19.3 Å². The molecule has 1 fully saturated rings. The van der Waals surface area contributed by atoms with Gasteiger partial charge in [0.1, 0.15) is 6.54 Å². The maximum Gasteiger partial charge on any atom is 0.264 e. The number of halogens is 2. The van der Waals surface area contributed by atoms with E-state index in [4.69, 9.17) is 23.2 Å². The number of rotatable bonds is 5. The highest BCUT2D eigenvalue weighted by Crippen LogP contribution is 2.30. The lowest BCUT2D eigenvalue weighted by Gasteiger charge is -2.30. The molecule has 2 aromatic carbocycles. The zero-order valence-corrected chi connectivity index (χ0v) is 17.0. The molecule has 1 amide bonds. The second kappa shape index (κ2) is 8.50. The molecule has 0 atom stereocenters. The highest BCUT2D eigenvalue weighted by atomic mass is 35.5. The lowest BCUT2D eigenvalue weighted by Crippen LogP contribution is -2.44. The number of amides is 1. The summed E-state index contributed by atoms with van der Waals surface area (Å²) >= 11 is 12.1. The number of hydrogen-bond donors (Lipinski definition) is 0. The van der Waals surface area contributed by atoms with Crippen molar-refractivity contribution < 1.29 is 13.2 Å². The fourth-order valence-corrected chi connectivity index (χ4v) is 5.02. The van der Waals surface area contributed by atoms with E-state index in [9.17, 15) is 13.2 Å². The average Bonchev–Trinajstić information content (AvgIpc) is 2.66. The van der Waals surface area contributed by atoms with E-state index in [1.54, 1.807) is 23.1 Å². The van der Waals surface area contributed by atoms with E-state index >= 15 is 0 Å². The summed E-state index contributed by atoms with van der Waals surface area (Å²) < 4.78 is 27.6. The largest absolute Gasteiger partial charge is 0.341 e. The Kier molecular flexibility index (Phi) is 6.29. The Morgan fingerprint density at radius 1 is 0.963 bits per heavy atom. The first-order valence-corrected chi connectivity index (χ1v) is 10.9. The SMILES string of the molecule is O=C(CN(c1cc(Cl)cc(Cl)c1)S(=O)(=O)c1ccccc1)N1CCCCC1. The Morgan fingerprint density at radius 3 is 2.15 bits per heavy atom. The topological polar surface area (TPSA) is 57.7 Å². The van der Waals surface area contributed by atoms with E-state index in [2.05, 4.69) is 0 Å². The van der Waals surface area contributed by atoms with Crippen LogP contribution in [0.3, 0.4) is 0 Å². The summed E-state index contributed by atoms with van der Waals surface area (Å²) in [4.78, 5) is 14.6. The van der Waals surface area contributed by atoms with Crippen LogP contribution in [-0.2, 0) is 14.8 Å². The van der Waals surface area contributed by atoms with Gasteiger partial charge in [0.15, 0.2) is 0 Å². The molecule has 5 nitrogen and oxygen atoms in total. The molecule has 0 N–H and O–H groups in total. The lowest BCUT2D eigenvalue weighted by atomic mass is 10.1. The van der Waals surface area contributed by atoms with E-state index in [1.807, 2.05) is 0 Å². The number of carbonyl (C=O) groups excluding carboxylic acids is 1. The molecule has 1 aliphatic rings. The number of benzene rings is 2. The van der Waals surface area contributed by atoms with Crippen LogP contribution in [0.4, 0.5) is 5.69 Å². The van der Waals surface area contributed by atoms with E-state index < -0.39 is 10.0 Å². The van der Waals surface area contributed by atoms with Crippen molar-refractivity contribution in [3.63, 3.8) is 0 Å². The number of hydrogen-bond acceptors (Lipinski definition) is 3. The maximum absolute atomic E-state index is 13.2. The normalized spacial score (nSPS) is 14.8. The highest BCUT2D eigenvalue weighted by Gasteiger charge is 2.29. The third kappa shape index (κ3) is 4.75. The Balaban J connectivity index is 1.99. The van der Waals surface area contributed by atoms with Gasteiger partial charge in [-0.1, -0.05) is 41.4 Å². The quantitative estimate of drug-likeness (QED) is 0.719. The molecular weight excluding hydrogens is 407 g/mol. The first-order valence-electron chi connectivity index (χ1n) is 8.69. The van der Waals surface area contributed by atoms with Gasteiger partial charge in [-0.05, 0) is 49.6 Å². The zero-order valence-electron chi connectivity index (χ0n) is 14.6. The number of nitrogens with zero attached hydrogens (tertiary/aromatic N) is 2. The predicted octanol–water partition coefficient (Wildman–Crippen LogP) is 4.20. The zero-order chi connectivity index (χ0) is 19.4. The van der Waals surface area contributed by atoms with Gasteiger partial charge >= 0.3 is 0 Å². The Labute approximate surface area is 169 Å². The van der Waals surface area contributed by atoms with Crippen LogP contribution in [0.15, 0.2) is 53.4 Å². The fourth-order valence-electron chi connectivity index (χ4n) is 3.08. The van der Waals surface area contributed by atoms with Crippen LogP contribution in [0, 0.1) is 0 Å². The van der Waals surface area contributed by atoms with Gasteiger partial charge in [-0.3, -0.25) is 9.10 Å². The monoisotopic (exact) mass is 426 g/mol. The molecule has 0 radical (unpaired) electrons. The van der Waals surface area contributed by atoms with Gasteiger partial charge in [-0.15, -0.1) is 0 Å². The molecule has 2 aromatic rings. The molecule has 1 saturated heterocycles. The lowest BCUT2D eigenvalue weighted by molar-refractivity contribution is -0.130. The van der Waals surface area contributed by atoms with Crippen molar-refractivity contribution in [3.8, 4) is 0 Å². The summed E-state index contributed by atoms with van der Waals surface area (Å²) in [6.45, 7) is 0.997. The molecule has 0 saturated carbocycles. The van der Waals surface area contributed by atoms with Crippen molar-refractivity contribution in [3.05, 3.63) is 58.6 Å². The molecule has 0 bridgehead atoms. The Hall–Kier alpha value is -1.76. The molecule has 3 rings (SSSR count). The third-order valence-corrected chi connectivity index (χ3v) is 6.68. The van der Waals surface area contributed by atoms with Gasteiger partial charge in [0, 0.05) is 23.1 Å². The first-order chi connectivity index (χ1) is 12.9. The van der Waals surface area contributed by atoms with Crippen molar-refractivity contribution in [1.29, 1.82) is 0 Å². The number of carbonyl (C=O) groups is 1. The molecule has 144 valence electrons. The summed E-state index contributed by atoms with van der Waals surface area (Å²) in [6.07, 6.45) is 2.94. The smallest absolute Gasteiger partial charge is 0.264 e.